The van der Waals surface area contributed by atoms with Gasteiger partial charge in [0.05, 0.1) is 10.6 Å². The summed E-state index contributed by atoms with van der Waals surface area (Å²) >= 11 is 1.57. The van der Waals surface area contributed by atoms with Crippen molar-refractivity contribution in [3.63, 3.8) is 0 Å². The van der Waals surface area contributed by atoms with Gasteiger partial charge in [-0.1, -0.05) is 11.3 Å². The molecule has 2 heterocycles. The number of hydrogen-bond donors (Lipinski definition) is 1. The molecule has 0 spiro atoms. The quantitative estimate of drug-likeness (QED) is 0.786. The average molecular weight is 192 g/mol. The summed E-state index contributed by atoms with van der Waals surface area (Å²) in [5.41, 5.74) is 0.911. The Hall–Kier alpha value is -1.49. The van der Waals surface area contributed by atoms with Crippen LogP contribution in [0.3, 0.4) is 0 Å². The van der Waals surface area contributed by atoms with E-state index in [1.165, 1.54) is 6.33 Å². The van der Waals surface area contributed by atoms with Gasteiger partial charge in [0.1, 0.15) is 6.33 Å². The fraction of sp³-hybridized carbons (Fsp3) is 0.125. The molecule has 66 valence electrons. The highest BCUT2D eigenvalue weighted by atomic mass is 32.1. The van der Waals surface area contributed by atoms with Gasteiger partial charge in [0, 0.05) is 19.4 Å². The maximum absolute atomic E-state index is 4.16. The molecule has 2 aromatic rings. The third-order valence-electron chi connectivity index (χ3n) is 1.55. The molecular formula is C8H8N4S. The molecule has 0 unspecified atom stereocenters. The van der Waals surface area contributed by atoms with Crippen LogP contribution in [0.5, 0.6) is 0 Å². The molecule has 0 aliphatic carbocycles. The highest BCUT2D eigenvalue weighted by Gasteiger charge is 2.02. The van der Waals surface area contributed by atoms with Crippen LogP contribution in [-0.2, 0) is 0 Å². The Morgan fingerprint density at radius 2 is 2.31 bits per heavy atom. The molecule has 2 aromatic heterocycles. The van der Waals surface area contributed by atoms with Crippen LogP contribution in [-0.4, -0.2) is 22.0 Å². The van der Waals surface area contributed by atoms with Crippen molar-refractivity contribution in [3.05, 3.63) is 24.8 Å². The molecule has 0 saturated carbocycles. The number of rotatable bonds is 2. The molecule has 0 bridgehead atoms. The summed E-state index contributed by atoms with van der Waals surface area (Å²) in [6, 6.07) is 1.87. The Kier molecular flexibility index (Phi) is 2.18. The van der Waals surface area contributed by atoms with E-state index in [1.54, 1.807) is 23.7 Å². The maximum Gasteiger partial charge on any atom is 0.182 e. The van der Waals surface area contributed by atoms with E-state index >= 15 is 0 Å². The SMILES string of the molecule is CNc1ncc(-c2ccncn2)s1. The van der Waals surface area contributed by atoms with Crippen LogP contribution >= 0.6 is 11.3 Å². The van der Waals surface area contributed by atoms with Crippen LogP contribution in [0.1, 0.15) is 0 Å². The highest BCUT2D eigenvalue weighted by Crippen LogP contribution is 2.26. The molecule has 5 heteroatoms. The summed E-state index contributed by atoms with van der Waals surface area (Å²) < 4.78 is 0. The standard InChI is InChI=1S/C8H8N4S/c1-9-8-11-4-7(13-8)6-2-3-10-5-12-6/h2-5H,1H3,(H,9,11). The maximum atomic E-state index is 4.16. The summed E-state index contributed by atoms with van der Waals surface area (Å²) in [6.07, 6.45) is 5.06. The minimum absolute atomic E-state index is 0.897. The van der Waals surface area contributed by atoms with Gasteiger partial charge < -0.3 is 5.32 Å². The van der Waals surface area contributed by atoms with Crippen LogP contribution in [0.4, 0.5) is 5.13 Å². The minimum atomic E-state index is 0.897. The number of hydrogen-bond acceptors (Lipinski definition) is 5. The number of nitrogens with one attached hydrogen (secondary N) is 1. The Balaban J connectivity index is 2.36. The molecular weight excluding hydrogens is 184 g/mol. The molecule has 1 N–H and O–H groups in total. The van der Waals surface area contributed by atoms with Crippen LogP contribution in [0, 0.1) is 0 Å². The van der Waals surface area contributed by atoms with Gasteiger partial charge in [-0.05, 0) is 6.07 Å². The smallest absolute Gasteiger partial charge is 0.182 e. The second kappa shape index (κ2) is 3.49. The van der Waals surface area contributed by atoms with E-state index in [1.807, 2.05) is 13.1 Å². The molecule has 0 fully saturated rings. The number of nitrogens with zero attached hydrogens (tertiary/aromatic N) is 3. The largest absolute Gasteiger partial charge is 0.365 e. The normalized spacial score (nSPS) is 9.92. The van der Waals surface area contributed by atoms with E-state index in [0.29, 0.717) is 0 Å². The molecule has 0 saturated heterocycles. The lowest BCUT2D eigenvalue weighted by Crippen LogP contribution is -1.83. The fourth-order valence-electron chi connectivity index (χ4n) is 0.945. The van der Waals surface area contributed by atoms with Crippen molar-refractivity contribution >= 4 is 16.5 Å². The van der Waals surface area contributed by atoms with Crippen LogP contribution in [0.2, 0.25) is 0 Å². The van der Waals surface area contributed by atoms with Gasteiger partial charge in [0.25, 0.3) is 0 Å². The Morgan fingerprint density at radius 1 is 1.38 bits per heavy atom. The van der Waals surface area contributed by atoms with Crippen LogP contribution in [0.15, 0.2) is 24.8 Å². The van der Waals surface area contributed by atoms with Gasteiger partial charge in [0.2, 0.25) is 0 Å². The van der Waals surface area contributed by atoms with Crippen molar-refractivity contribution in [2.24, 2.45) is 0 Å². The van der Waals surface area contributed by atoms with Crippen LogP contribution < -0.4 is 5.32 Å². The van der Waals surface area contributed by atoms with Gasteiger partial charge in [-0.15, -0.1) is 0 Å². The third kappa shape index (κ3) is 1.65. The first-order chi connectivity index (χ1) is 6.40. The van der Waals surface area contributed by atoms with E-state index in [-0.39, 0.29) is 0 Å². The van der Waals surface area contributed by atoms with Gasteiger partial charge in [-0.2, -0.15) is 0 Å². The lowest BCUT2D eigenvalue weighted by Gasteiger charge is -1.91. The molecule has 2 rings (SSSR count). The summed E-state index contributed by atoms with van der Waals surface area (Å²) in [6.45, 7) is 0. The number of anilines is 1. The van der Waals surface area contributed by atoms with E-state index in [0.717, 1.165) is 15.7 Å². The second-order valence-corrected chi connectivity index (χ2v) is 3.40. The first-order valence-corrected chi connectivity index (χ1v) is 4.62. The van der Waals surface area contributed by atoms with Gasteiger partial charge in [-0.3, -0.25) is 0 Å². The Labute approximate surface area is 79.7 Å². The van der Waals surface area contributed by atoms with Gasteiger partial charge in [-0.25, -0.2) is 15.0 Å². The molecule has 0 atom stereocenters. The molecule has 0 aliphatic rings. The monoisotopic (exact) mass is 192 g/mol. The number of aromatic nitrogens is 3. The summed E-state index contributed by atoms with van der Waals surface area (Å²) in [5.74, 6) is 0. The second-order valence-electron chi connectivity index (χ2n) is 2.37. The topological polar surface area (TPSA) is 50.7 Å². The number of thiazole rings is 1. The molecule has 0 amide bonds. The lowest BCUT2D eigenvalue weighted by molar-refractivity contribution is 1.17. The van der Waals surface area contributed by atoms with Crippen LogP contribution in [0.25, 0.3) is 10.6 Å². The molecule has 0 aromatic carbocycles. The average Bonchev–Trinajstić information content (AvgIpc) is 2.67. The fourth-order valence-corrected chi connectivity index (χ4v) is 1.69. The molecule has 0 aliphatic heterocycles. The summed E-state index contributed by atoms with van der Waals surface area (Å²) in [4.78, 5) is 13.2. The summed E-state index contributed by atoms with van der Waals surface area (Å²) in [7, 11) is 1.85. The van der Waals surface area contributed by atoms with E-state index in [4.69, 9.17) is 0 Å². The zero-order valence-corrected chi connectivity index (χ0v) is 7.88. The Morgan fingerprint density at radius 3 is 2.92 bits per heavy atom. The predicted molar refractivity (Wildman–Crippen MR) is 52.7 cm³/mol. The van der Waals surface area contributed by atoms with E-state index in [2.05, 4.69) is 20.3 Å². The predicted octanol–water partition coefficient (Wildman–Crippen LogP) is 1.64. The van der Waals surface area contributed by atoms with Crippen molar-refractivity contribution < 1.29 is 0 Å². The van der Waals surface area contributed by atoms with Crippen molar-refractivity contribution in [3.8, 4) is 10.6 Å². The first-order valence-electron chi connectivity index (χ1n) is 3.80. The van der Waals surface area contributed by atoms with Gasteiger partial charge >= 0.3 is 0 Å². The van der Waals surface area contributed by atoms with Gasteiger partial charge in [0.15, 0.2) is 5.13 Å². The lowest BCUT2D eigenvalue weighted by atomic mass is 10.4. The summed E-state index contributed by atoms with van der Waals surface area (Å²) in [5, 5.41) is 3.88. The zero-order chi connectivity index (χ0) is 9.10. The molecule has 4 nitrogen and oxygen atoms in total. The van der Waals surface area contributed by atoms with Crippen molar-refractivity contribution in [1.29, 1.82) is 0 Å². The molecule has 13 heavy (non-hydrogen) atoms. The van der Waals surface area contributed by atoms with Crippen molar-refractivity contribution in [2.75, 3.05) is 12.4 Å². The van der Waals surface area contributed by atoms with Crippen molar-refractivity contribution in [2.45, 2.75) is 0 Å². The Bertz CT molecular complexity index is 384. The molecule has 0 radical (unpaired) electrons. The van der Waals surface area contributed by atoms with Crippen molar-refractivity contribution in [1.82, 2.24) is 15.0 Å². The third-order valence-corrected chi connectivity index (χ3v) is 2.59. The minimum Gasteiger partial charge on any atom is -0.365 e. The van der Waals surface area contributed by atoms with E-state index in [9.17, 15) is 0 Å². The highest BCUT2D eigenvalue weighted by molar-refractivity contribution is 7.18. The first kappa shape index (κ1) is 8.12. The van der Waals surface area contributed by atoms with E-state index < -0.39 is 0 Å². The zero-order valence-electron chi connectivity index (χ0n) is 7.06.